The number of carbonyl (C=O) groups is 1. The summed E-state index contributed by atoms with van der Waals surface area (Å²) in [6, 6.07) is 7.78. The van der Waals surface area contributed by atoms with Crippen LogP contribution >= 0.6 is 0 Å². The van der Waals surface area contributed by atoms with Gasteiger partial charge < -0.3 is 5.73 Å². The lowest BCUT2D eigenvalue weighted by Crippen LogP contribution is -2.36. The minimum atomic E-state index is -0.0936. The van der Waals surface area contributed by atoms with Gasteiger partial charge in [0.15, 0.2) is 5.78 Å². The number of Topliss-reactive ketones (excluding diaryl/α,β-unsaturated/α-hetero) is 1. The van der Waals surface area contributed by atoms with Gasteiger partial charge in [-0.2, -0.15) is 0 Å². The van der Waals surface area contributed by atoms with E-state index in [0.29, 0.717) is 16.6 Å². The van der Waals surface area contributed by atoms with Crippen LogP contribution in [0, 0.1) is 0 Å². The number of carbonyl (C=O) groups excluding carboxylic acids is 1. The van der Waals surface area contributed by atoms with Crippen molar-refractivity contribution in [2.75, 3.05) is 0 Å². The average molecular weight is 453 g/mol. The zero-order valence-electron chi connectivity index (χ0n) is 19.6. The van der Waals surface area contributed by atoms with Gasteiger partial charge in [0.1, 0.15) is 5.65 Å². The van der Waals surface area contributed by atoms with Crippen LogP contribution in [0.2, 0.25) is 0 Å². The minimum Gasteiger partial charge on any atom is -0.326 e. The normalized spacial score (nSPS) is 21.0. The number of nitrogens with two attached hydrogens (primary N) is 1. The van der Waals surface area contributed by atoms with Crippen molar-refractivity contribution < 1.29 is 4.79 Å². The molecule has 2 atom stereocenters. The largest absolute Gasteiger partial charge is 0.326 e. The molecule has 2 aromatic heterocycles. The van der Waals surface area contributed by atoms with E-state index >= 15 is 0 Å². The van der Waals surface area contributed by atoms with E-state index in [-0.39, 0.29) is 23.4 Å². The second-order valence-electron chi connectivity index (χ2n) is 9.69. The van der Waals surface area contributed by atoms with Crippen LogP contribution in [0.5, 0.6) is 0 Å². The highest BCUT2D eigenvalue weighted by atomic mass is 16.1. The summed E-state index contributed by atoms with van der Waals surface area (Å²) in [6.07, 6.45) is 10.3. The molecule has 2 aromatic carbocycles. The van der Waals surface area contributed by atoms with Crippen LogP contribution in [-0.2, 0) is 0 Å². The van der Waals surface area contributed by atoms with Crippen molar-refractivity contribution in [2.45, 2.75) is 64.5 Å². The van der Waals surface area contributed by atoms with E-state index in [2.05, 4.69) is 12.2 Å². The summed E-state index contributed by atoms with van der Waals surface area (Å²) in [5.74, 6) is -0.0329. The van der Waals surface area contributed by atoms with Gasteiger partial charge in [-0.1, -0.05) is 37.1 Å². The van der Waals surface area contributed by atoms with E-state index in [9.17, 15) is 9.59 Å². The molecule has 2 heterocycles. The van der Waals surface area contributed by atoms with E-state index in [0.717, 1.165) is 76.7 Å². The second-order valence-corrected chi connectivity index (χ2v) is 9.69. The lowest BCUT2D eigenvalue weighted by Gasteiger charge is -2.26. The first-order valence-electron chi connectivity index (χ1n) is 12.2. The highest BCUT2D eigenvalue weighted by molar-refractivity contribution is 6.26. The molecule has 6 nitrogen and oxygen atoms in total. The number of fused-ring (bicyclic) bond motifs is 4. The summed E-state index contributed by atoms with van der Waals surface area (Å²) in [6.45, 7) is 3.56. The molecular weight excluding hydrogens is 424 g/mol. The number of pyridine rings is 1. The van der Waals surface area contributed by atoms with Gasteiger partial charge in [-0.05, 0) is 51.7 Å². The molecule has 2 aliphatic rings. The van der Waals surface area contributed by atoms with Gasteiger partial charge in [-0.25, -0.2) is 4.98 Å². The van der Waals surface area contributed by atoms with E-state index in [1.165, 1.54) is 0 Å². The fraction of sp³-hybridized carbons (Fsp3) is 0.357. The predicted molar refractivity (Wildman–Crippen MR) is 138 cm³/mol. The summed E-state index contributed by atoms with van der Waals surface area (Å²) < 4.78 is 1.73. The molecule has 4 aromatic rings. The minimum absolute atomic E-state index is 0.0329. The Balaban J connectivity index is 1.72. The Morgan fingerprint density at radius 1 is 1.00 bits per heavy atom. The number of hydrogen-bond acceptors (Lipinski definition) is 5. The smallest absolute Gasteiger partial charge is 0.264 e. The van der Waals surface area contributed by atoms with Gasteiger partial charge >= 0.3 is 0 Å². The molecule has 0 amide bonds. The number of nitrogens with zero attached hydrogens (tertiary/aromatic N) is 3. The first-order valence-corrected chi connectivity index (χ1v) is 12.2. The lowest BCUT2D eigenvalue weighted by atomic mass is 9.89. The van der Waals surface area contributed by atoms with Gasteiger partial charge in [0.05, 0.1) is 16.7 Å². The van der Waals surface area contributed by atoms with Gasteiger partial charge in [-0.15, -0.1) is 0 Å². The maximum atomic E-state index is 13.7. The number of benzene rings is 2. The SMILES string of the molecule is CC(=O)c1ccc2c3c1c(C(C)=NC1CCCCC1N)ccc3c(=O)n1c3c(nc21)=CCCC=3. The fourth-order valence-corrected chi connectivity index (χ4v) is 5.82. The molecule has 2 unspecified atom stereocenters. The summed E-state index contributed by atoms with van der Waals surface area (Å²) in [5.41, 5.74) is 9.28. The average Bonchev–Trinajstić information content (AvgIpc) is 3.23. The quantitative estimate of drug-likeness (QED) is 0.382. The molecule has 0 radical (unpaired) electrons. The van der Waals surface area contributed by atoms with Crippen molar-refractivity contribution >= 4 is 50.8 Å². The van der Waals surface area contributed by atoms with Crippen LogP contribution in [0.1, 0.15) is 68.3 Å². The predicted octanol–water partition coefficient (Wildman–Crippen LogP) is 3.08. The van der Waals surface area contributed by atoms with Crippen molar-refractivity contribution in [2.24, 2.45) is 10.7 Å². The van der Waals surface area contributed by atoms with Gasteiger partial charge in [0, 0.05) is 44.4 Å². The summed E-state index contributed by atoms with van der Waals surface area (Å²) in [5, 5.41) is 4.80. The Kier molecular flexibility index (Phi) is 4.88. The maximum absolute atomic E-state index is 13.7. The fourth-order valence-electron chi connectivity index (χ4n) is 5.82. The van der Waals surface area contributed by atoms with E-state index in [1.807, 2.05) is 31.2 Å². The highest BCUT2D eigenvalue weighted by Gasteiger charge is 2.24. The molecule has 0 spiro atoms. The van der Waals surface area contributed by atoms with Crippen molar-refractivity contribution in [3.8, 4) is 0 Å². The Hall–Kier alpha value is -3.38. The Morgan fingerprint density at radius 3 is 2.53 bits per heavy atom. The zero-order valence-corrected chi connectivity index (χ0v) is 19.6. The Morgan fingerprint density at radius 2 is 1.74 bits per heavy atom. The van der Waals surface area contributed by atoms with E-state index in [1.54, 1.807) is 11.3 Å². The molecule has 1 fully saturated rings. The molecule has 1 saturated carbocycles. The summed E-state index contributed by atoms with van der Waals surface area (Å²) in [4.78, 5) is 36.3. The number of ketones is 1. The van der Waals surface area contributed by atoms with Gasteiger partial charge in [-0.3, -0.25) is 19.0 Å². The van der Waals surface area contributed by atoms with Crippen LogP contribution in [0.25, 0.3) is 39.3 Å². The van der Waals surface area contributed by atoms with Crippen LogP contribution < -0.4 is 22.0 Å². The molecule has 34 heavy (non-hydrogen) atoms. The van der Waals surface area contributed by atoms with Gasteiger partial charge in [0.2, 0.25) is 0 Å². The number of aromatic nitrogens is 2. The Labute approximate surface area is 196 Å². The van der Waals surface area contributed by atoms with Gasteiger partial charge in [0.25, 0.3) is 5.56 Å². The number of imidazole rings is 1. The van der Waals surface area contributed by atoms with Crippen molar-refractivity contribution in [1.82, 2.24) is 9.38 Å². The molecule has 0 bridgehead atoms. The molecule has 6 heteroatoms. The molecule has 172 valence electrons. The topological polar surface area (TPSA) is 89.8 Å². The third kappa shape index (κ3) is 3.05. The number of hydrogen-bond donors (Lipinski definition) is 1. The lowest BCUT2D eigenvalue weighted by molar-refractivity contribution is 0.101. The number of rotatable bonds is 3. The van der Waals surface area contributed by atoms with Crippen LogP contribution in [0.3, 0.4) is 0 Å². The van der Waals surface area contributed by atoms with Crippen molar-refractivity contribution in [3.63, 3.8) is 0 Å². The molecule has 2 aliphatic carbocycles. The molecule has 6 rings (SSSR count). The summed E-state index contributed by atoms with van der Waals surface area (Å²) in [7, 11) is 0. The monoisotopic (exact) mass is 452 g/mol. The van der Waals surface area contributed by atoms with Crippen LogP contribution in [-0.4, -0.2) is 33.0 Å². The van der Waals surface area contributed by atoms with Crippen molar-refractivity contribution in [3.05, 3.63) is 56.4 Å². The molecule has 0 saturated heterocycles. The second kappa shape index (κ2) is 7.84. The zero-order chi connectivity index (χ0) is 23.6. The standard InChI is InChI=1S/C28H28N4O2/c1-15(30-22-8-4-3-7-21(22)29)17-11-14-20-26-19(13-12-18(16(2)33)25(17)26)27-31-23-9-5-6-10-24(23)32(27)28(20)34/h9-14,21-22H,3-8,29H2,1-2H3. The van der Waals surface area contributed by atoms with Crippen LogP contribution in [0.4, 0.5) is 0 Å². The Bertz CT molecular complexity index is 1700. The van der Waals surface area contributed by atoms with Crippen LogP contribution in [0.15, 0.2) is 34.1 Å². The van der Waals surface area contributed by atoms with E-state index in [4.69, 9.17) is 15.7 Å². The number of aliphatic imine (C=N–C) groups is 1. The summed E-state index contributed by atoms with van der Waals surface area (Å²) >= 11 is 0. The maximum Gasteiger partial charge on any atom is 0.264 e. The third-order valence-corrected chi connectivity index (χ3v) is 7.53. The third-order valence-electron chi connectivity index (χ3n) is 7.53. The highest BCUT2D eigenvalue weighted by Crippen LogP contribution is 2.33. The van der Waals surface area contributed by atoms with E-state index < -0.39 is 0 Å². The first kappa shape index (κ1) is 21.2. The molecule has 0 aliphatic heterocycles. The molecular formula is C28H28N4O2. The molecule has 2 N–H and O–H groups in total. The van der Waals surface area contributed by atoms with Crippen molar-refractivity contribution in [1.29, 1.82) is 0 Å². The first-order chi connectivity index (χ1) is 16.5.